The highest BCUT2D eigenvalue weighted by Gasteiger charge is 2.38. The fourth-order valence-electron chi connectivity index (χ4n) is 8.86. The second-order valence-electron chi connectivity index (χ2n) is 15.1. The second-order valence-corrected chi connectivity index (χ2v) is 16.3. The molecule has 4 nitrogen and oxygen atoms in total. The summed E-state index contributed by atoms with van der Waals surface area (Å²) in [6.07, 6.45) is 36.7. The fraction of sp³-hybridized carbons (Fsp3) is 0.196. The van der Waals surface area contributed by atoms with Crippen LogP contribution >= 0.6 is 11.8 Å². The van der Waals surface area contributed by atoms with E-state index in [0.29, 0.717) is 5.25 Å². The molecule has 0 saturated carbocycles. The van der Waals surface area contributed by atoms with Gasteiger partial charge in [-0.15, -0.1) is 11.8 Å². The van der Waals surface area contributed by atoms with Crippen molar-refractivity contribution in [3.05, 3.63) is 209 Å². The number of anilines is 1. The lowest BCUT2D eigenvalue weighted by Crippen LogP contribution is -2.44. The van der Waals surface area contributed by atoms with Crippen LogP contribution in [0.5, 0.6) is 0 Å². The maximum atomic E-state index is 5.41. The van der Waals surface area contributed by atoms with E-state index in [-0.39, 0.29) is 12.0 Å². The van der Waals surface area contributed by atoms with Gasteiger partial charge in [-0.05, 0) is 91.0 Å². The zero-order valence-electron chi connectivity index (χ0n) is 31.5. The van der Waals surface area contributed by atoms with Gasteiger partial charge >= 0.3 is 0 Å². The van der Waals surface area contributed by atoms with Crippen LogP contribution in [0.1, 0.15) is 79.5 Å². The van der Waals surface area contributed by atoms with Crippen LogP contribution in [-0.4, -0.2) is 26.2 Å². The van der Waals surface area contributed by atoms with Crippen LogP contribution in [0.3, 0.4) is 0 Å². The molecule has 6 aliphatic rings. The molecule has 1 aromatic heterocycles. The van der Waals surface area contributed by atoms with Crippen molar-refractivity contribution in [2.45, 2.75) is 67.1 Å². The summed E-state index contributed by atoms with van der Waals surface area (Å²) < 4.78 is 0. The third kappa shape index (κ3) is 6.75. The Morgan fingerprint density at radius 2 is 1.29 bits per heavy atom. The molecule has 5 aliphatic carbocycles. The first-order chi connectivity index (χ1) is 27.8. The van der Waals surface area contributed by atoms with Gasteiger partial charge in [0.25, 0.3) is 0 Å². The molecular formula is C51H44N4S. The van der Waals surface area contributed by atoms with Crippen molar-refractivity contribution in [3.63, 3.8) is 0 Å². The highest BCUT2D eigenvalue weighted by Crippen LogP contribution is 2.50. The number of benzene rings is 3. The largest absolute Gasteiger partial charge is 0.335 e. The number of nitrogens with zero attached hydrogens (tertiary/aromatic N) is 4. The molecule has 0 fully saturated rings. The summed E-state index contributed by atoms with van der Waals surface area (Å²) in [5.41, 5.74) is 12.4. The molecule has 0 bridgehead atoms. The molecule has 10 rings (SSSR count). The number of thioether (sulfide) groups is 1. The lowest BCUT2D eigenvalue weighted by atomic mass is 9.76. The quantitative estimate of drug-likeness (QED) is 0.188. The van der Waals surface area contributed by atoms with E-state index in [1.165, 1.54) is 44.1 Å². The van der Waals surface area contributed by atoms with E-state index >= 15 is 0 Å². The Morgan fingerprint density at radius 1 is 0.607 bits per heavy atom. The SMILES string of the molecule is C1=CC2Sc3ccccc3N(C3=C(c4nc(C5=CCCC=C5)nc(C5=CCCC=C5)n4)C=C(C4=CC(c5ccccc5)=CCC4c4ccccc4)CC3)C2C=C1. The lowest BCUT2D eigenvalue weighted by Gasteiger charge is -2.44. The van der Waals surface area contributed by atoms with Gasteiger partial charge in [0.2, 0.25) is 0 Å². The van der Waals surface area contributed by atoms with Crippen molar-refractivity contribution in [2.24, 2.45) is 0 Å². The van der Waals surface area contributed by atoms with Gasteiger partial charge in [0, 0.05) is 33.2 Å². The highest BCUT2D eigenvalue weighted by molar-refractivity contribution is 8.00. The number of rotatable bonds is 7. The topological polar surface area (TPSA) is 41.9 Å². The van der Waals surface area contributed by atoms with Crippen LogP contribution in [0.15, 0.2) is 186 Å². The Morgan fingerprint density at radius 3 is 2.02 bits per heavy atom. The Balaban J connectivity index is 1.21. The third-order valence-corrected chi connectivity index (χ3v) is 12.9. The Bertz CT molecular complexity index is 2440. The van der Waals surface area contributed by atoms with Crippen LogP contribution in [0.4, 0.5) is 5.69 Å². The first-order valence-corrected chi connectivity index (χ1v) is 21.0. The molecule has 2 heterocycles. The number of hydrogen-bond acceptors (Lipinski definition) is 5. The first-order valence-electron chi connectivity index (χ1n) is 20.1. The minimum absolute atomic E-state index is 0.173. The highest BCUT2D eigenvalue weighted by atomic mass is 32.2. The smallest absolute Gasteiger partial charge is 0.165 e. The number of para-hydroxylation sites is 1. The number of aromatic nitrogens is 3. The summed E-state index contributed by atoms with van der Waals surface area (Å²) in [6, 6.07) is 31.0. The molecule has 56 heavy (non-hydrogen) atoms. The molecule has 0 radical (unpaired) electrons. The Hall–Kier alpha value is -5.78. The van der Waals surface area contributed by atoms with Crippen molar-refractivity contribution in [3.8, 4) is 0 Å². The van der Waals surface area contributed by atoms with Crippen molar-refractivity contribution >= 4 is 39.7 Å². The molecule has 4 aromatic rings. The molecule has 274 valence electrons. The van der Waals surface area contributed by atoms with Gasteiger partial charge < -0.3 is 4.90 Å². The standard InChI is InChI=1S/C51H44N4S/c1-5-17-35(18-6-1)39-29-31-41(36-19-7-2-8-20-36)42(33-39)40-30-32-44(55-45-25-13-15-27-47(45)56-48-28-16-14-26-46(48)55)43(34-40)51-53-49(37-21-9-3-10-22-37)52-50(54-51)38-23-11-4-12-24-38/h1-2,5-9,11,13-29,33-34,41,45,47H,3-4,10,12,30-32H2. The van der Waals surface area contributed by atoms with E-state index in [0.717, 1.165) is 79.1 Å². The first kappa shape index (κ1) is 34.7. The molecule has 3 aromatic carbocycles. The van der Waals surface area contributed by atoms with Crippen LogP contribution in [-0.2, 0) is 0 Å². The molecule has 3 atom stereocenters. The van der Waals surface area contributed by atoms with Crippen LogP contribution in [0.25, 0.3) is 22.3 Å². The summed E-state index contributed by atoms with van der Waals surface area (Å²) >= 11 is 1.96. The van der Waals surface area contributed by atoms with Crippen molar-refractivity contribution in [1.29, 1.82) is 0 Å². The third-order valence-electron chi connectivity index (χ3n) is 11.6. The van der Waals surface area contributed by atoms with E-state index in [1.807, 2.05) is 11.8 Å². The van der Waals surface area contributed by atoms with Crippen LogP contribution < -0.4 is 4.90 Å². The van der Waals surface area contributed by atoms with Crippen LogP contribution in [0.2, 0.25) is 0 Å². The summed E-state index contributed by atoms with van der Waals surface area (Å²) in [5.74, 6) is 2.48. The van der Waals surface area contributed by atoms with Gasteiger partial charge in [0.15, 0.2) is 17.5 Å². The zero-order chi connectivity index (χ0) is 37.3. The van der Waals surface area contributed by atoms with Gasteiger partial charge in [-0.25, -0.2) is 15.0 Å². The minimum Gasteiger partial charge on any atom is -0.335 e. The maximum Gasteiger partial charge on any atom is 0.165 e. The van der Waals surface area contributed by atoms with Gasteiger partial charge in [-0.2, -0.15) is 0 Å². The van der Waals surface area contributed by atoms with E-state index in [1.54, 1.807) is 0 Å². The van der Waals surface area contributed by atoms with E-state index in [2.05, 4.69) is 169 Å². The summed E-state index contributed by atoms with van der Waals surface area (Å²) in [5, 5.41) is 0.302. The fourth-order valence-corrected chi connectivity index (χ4v) is 10.1. The predicted octanol–water partition coefficient (Wildman–Crippen LogP) is 12.4. The van der Waals surface area contributed by atoms with E-state index < -0.39 is 0 Å². The molecule has 0 spiro atoms. The number of fused-ring (bicyclic) bond motifs is 2. The monoisotopic (exact) mass is 744 g/mol. The summed E-state index contributed by atoms with van der Waals surface area (Å²) in [7, 11) is 0. The summed E-state index contributed by atoms with van der Waals surface area (Å²) in [4.78, 5) is 19.9. The van der Waals surface area contributed by atoms with Gasteiger partial charge in [-0.1, -0.05) is 146 Å². The molecular weight excluding hydrogens is 701 g/mol. The number of allylic oxidation sites excluding steroid dienone is 18. The van der Waals surface area contributed by atoms with Crippen molar-refractivity contribution in [1.82, 2.24) is 15.0 Å². The Labute approximate surface area is 334 Å². The Kier molecular flexibility index (Phi) is 9.54. The zero-order valence-corrected chi connectivity index (χ0v) is 32.3. The van der Waals surface area contributed by atoms with Crippen molar-refractivity contribution in [2.75, 3.05) is 4.90 Å². The lowest BCUT2D eigenvalue weighted by molar-refractivity contribution is 0.704. The second kappa shape index (κ2) is 15.4. The van der Waals surface area contributed by atoms with Crippen molar-refractivity contribution < 1.29 is 0 Å². The van der Waals surface area contributed by atoms with Gasteiger partial charge in [0.1, 0.15) is 0 Å². The average molecular weight is 745 g/mol. The minimum atomic E-state index is 0.173. The molecule has 0 amide bonds. The average Bonchev–Trinajstić information content (AvgIpc) is 3.29. The normalized spacial score (nSPS) is 22.8. The molecule has 1 aliphatic heterocycles. The van der Waals surface area contributed by atoms with Crippen LogP contribution in [0, 0.1) is 0 Å². The molecule has 3 unspecified atom stereocenters. The van der Waals surface area contributed by atoms with E-state index in [4.69, 9.17) is 15.0 Å². The summed E-state index contributed by atoms with van der Waals surface area (Å²) in [6.45, 7) is 0. The number of hydrogen-bond donors (Lipinski definition) is 0. The van der Waals surface area contributed by atoms with Gasteiger partial charge in [0.05, 0.1) is 17.0 Å². The maximum absolute atomic E-state index is 5.41. The predicted molar refractivity (Wildman–Crippen MR) is 234 cm³/mol. The van der Waals surface area contributed by atoms with Gasteiger partial charge in [-0.3, -0.25) is 0 Å². The van der Waals surface area contributed by atoms with E-state index in [9.17, 15) is 0 Å². The molecule has 0 N–H and O–H groups in total. The molecule has 0 saturated heterocycles. The molecule has 5 heteroatoms.